The third-order valence-electron chi connectivity index (χ3n) is 3.51. The van der Waals surface area contributed by atoms with Crippen LogP contribution in [0.1, 0.15) is 13.8 Å². The fourth-order valence-corrected chi connectivity index (χ4v) is 2.20. The van der Waals surface area contributed by atoms with Crippen LogP contribution in [-0.2, 0) is 0 Å². The smallest absolute Gasteiger partial charge is 0.0558 e. The molecule has 0 unspecified atom stereocenters. The minimum Gasteiger partial charge on any atom is -0.395 e. The highest BCUT2D eigenvalue weighted by Crippen LogP contribution is 2.01. The summed E-state index contributed by atoms with van der Waals surface area (Å²) in [7, 11) is 0. The molecule has 1 aliphatic heterocycles. The number of β-amino-alcohol motifs (C(OH)–C–C–N with tert-alkyl or cyclic N) is 1. The topological polar surface area (TPSA) is 30.0 Å². The van der Waals surface area contributed by atoms with E-state index in [1.807, 2.05) is 0 Å². The molecule has 1 aliphatic rings. The maximum Gasteiger partial charge on any atom is 0.0558 e. The molecule has 1 rings (SSSR count). The number of likely N-dealkylation sites (N-methyl/N-ethyl adjacent to an activating group) is 1. The van der Waals surface area contributed by atoms with Gasteiger partial charge in [-0.15, -0.1) is 0 Å². The Morgan fingerprint density at radius 1 is 0.938 bits per heavy atom. The summed E-state index contributed by atoms with van der Waals surface area (Å²) in [6.07, 6.45) is 0. The average Bonchev–Trinajstić information content (AvgIpc) is 2.33. The predicted molar refractivity (Wildman–Crippen MR) is 67.8 cm³/mol. The summed E-state index contributed by atoms with van der Waals surface area (Å²) in [6.45, 7) is 14.8. The van der Waals surface area contributed by atoms with E-state index in [-0.39, 0.29) is 0 Å². The van der Waals surface area contributed by atoms with Crippen molar-refractivity contribution < 1.29 is 5.11 Å². The predicted octanol–water partition coefficient (Wildman–Crippen LogP) is -0.0619. The molecule has 4 heteroatoms. The van der Waals surface area contributed by atoms with Crippen LogP contribution in [0.15, 0.2) is 0 Å². The van der Waals surface area contributed by atoms with Crippen LogP contribution in [-0.4, -0.2) is 85.3 Å². The van der Waals surface area contributed by atoms with Crippen molar-refractivity contribution in [2.45, 2.75) is 13.8 Å². The third-order valence-corrected chi connectivity index (χ3v) is 3.51. The third kappa shape index (κ3) is 4.78. The molecule has 1 saturated heterocycles. The number of aliphatic hydroxyl groups excluding tert-OH is 1. The molecule has 0 aromatic heterocycles. The fourth-order valence-electron chi connectivity index (χ4n) is 2.20. The standard InChI is InChI=1S/C12H27N3O/c1-3-13(4-2)5-6-14-7-9-15(10-8-14)11-12-16/h16H,3-12H2,1-2H3. The summed E-state index contributed by atoms with van der Waals surface area (Å²) in [5.41, 5.74) is 0. The Hall–Kier alpha value is -0.160. The molecule has 1 fully saturated rings. The van der Waals surface area contributed by atoms with E-state index in [1.165, 1.54) is 13.1 Å². The monoisotopic (exact) mass is 229 g/mol. The Morgan fingerprint density at radius 2 is 1.44 bits per heavy atom. The highest BCUT2D eigenvalue weighted by Gasteiger charge is 2.16. The van der Waals surface area contributed by atoms with Crippen LogP contribution in [0.4, 0.5) is 0 Å². The van der Waals surface area contributed by atoms with Crippen molar-refractivity contribution >= 4 is 0 Å². The van der Waals surface area contributed by atoms with Crippen LogP contribution < -0.4 is 0 Å². The normalized spacial score (nSPS) is 19.5. The summed E-state index contributed by atoms with van der Waals surface area (Å²) in [5, 5.41) is 8.86. The van der Waals surface area contributed by atoms with Crippen molar-refractivity contribution in [3.8, 4) is 0 Å². The van der Waals surface area contributed by atoms with Gasteiger partial charge in [0.15, 0.2) is 0 Å². The van der Waals surface area contributed by atoms with Gasteiger partial charge < -0.3 is 10.0 Å². The lowest BCUT2D eigenvalue weighted by Gasteiger charge is -2.35. The largest absolute Gasteiger partial charge is 0.395 e. The summed E-state index contributed by atoms with van der Waals surface area (Å²) in [5.74, 6) is 0. The summed E-state index contributed by atoms with van der Waals surface area (Å²) in [4.78, 5) is 7.35. The number of aliphatic hydroxyl groups is 1. The molecule has 16 heavy (non-hydrogen) atoms. The van der Waals surface area contributed by atoms with Gasteiger partial charge in [-0.2, -0.15) is 0 Å². The van der Waals surface area contributed by atoms with Crippen molar-refractivity contribution in [1.82, 2.24) is 14.7 Å². The van der Waals surface area contributed by atoms with Gasteiger partial charge in [0.2, 0.25) is 0 Å². The first-order chi connectivity index (χ1) is 7.80. The Morgan fingerprint density at radius 3 is 1.88 bits per heavy atom. The molecule has 4 nitrogen and oxygen atoms in total. The first kappa shape index (κ1) is 13.9. The maximum absolute atomic E-state index is 8.86. The van der Waals surface area contributed by atoms with Crippen molar-refractivity contribution in [2.75, 3.05) is 65.5 Å². The van der Waals surface area contributed by atoms with E-state index in [1.54, 1.807) is 0 Å². The highest BCUT2D eigenvalue weighted by atomic mass is 16.3. The molecule has 0 radical (unpaired) electrons. The zero-order chi connectivity index (χ0) is 11.8. The second-order valence-electron chi connectivity index (χ2n) is 4.43. The van der Waals surface area contributed by atoms with Crippen LogP contribution in [0.3, 0.4) is 0 Å². The Kier molecular flexibility index (Phi) is 6.96. The van der Waals surface area contributed by atoms with E-state index < -0.39 is 0 Å². The van der Waals surface area contributed by atoms with Gasteiger partial charge in [-0.25, -0.2) is 0 Å². The zero-order valence-corrected chi connectivity index (χ0v) is 10.9. The summed E-state index contributed by atoms with van der Waals surface area (Å²) < 4.78 is 0. The second kappa shape index (κ2) is 8.01. The van der Waals surface area contributed by atoms with Crippen molar-refractivity contribution in [3.05, 3.63) is 0 Å². The van der Waals surface area contributed by atoms with Crippen molar-refractivity contribution in [2.24, 2.45) is 0 Å². The molecule has 0 atom stereocenters. The van der Waals surface area contributed by atoms with Crippen LogP contribution in [0.2, 0.25) is 0 Å². The lowest BCUT2D eigenvalue weighted by molar-refractivity contribution is 0.104. The molecule has 1 N–H and O–H groups in total. The van der Waals surface area contributed by atoms with E-state index in [0.29, 0.717) is 6.61 Å². The fraction of sp³-hybridized carbons (Fsp3) is 1.00. The molecule has 0 saturated carbocycles. The Labute approximate surface area is 99.8 Å². The first-order valence-electron chi connectivity index (χ1n) is 6.58. The van der Waals surface area contributed by atoms with Gasteiger partial charge in [-0.05, 0) is 13.1 Å². The molecule has 0 bridgehead atoms. The maximum atomic E-state index is 8.86. The molecular formula is C12H27N3O. The number of piperazine rings is 1. The molecular weight excluding hydrogens is 202 g/mol. The molecule has 0 aromatic rings. The average molecular weight is 229 g/mol. The second-order valence-corrected chi connectivity index (χ2v) is 4.43. The molecule has 0 spiro atoms. The minimum absolute atomic E-state index is 0.291. The quantitative estimate of drug-likeness (QED) is 0.662. The highest BCUT2D eigenvalue weighted by molar-refractivity contribution is 4.72. The summed E-state index contributed by atoms with van der Waals surface area (Å²) >= 11 is 0. The lowest BCUT2D eigenvalue weighted by atomic mass is 10.3. The van der Waals surface area contributed by atoms with Crippen molar-refractivity contribution in [1.29, 1.82) is 0 Å². The van der Waals surface area contributed by atoms with E-state index in [4.69, 9.17) is 5.11 Å². The zero-order valence-electron chi connectivity index (χ0n) is 10.9. The lowest BCUT2D eigenvalue weighted by Crippen LogP contribution is -2.49. The molecule has 0 aromatic carbocycles. The van der Waals surface area contributed by atoms with E-state index in [9.17, 15) is 0 Å². The number of rotatable bonds is 7. The Balaban J connectivity index is 2.12. The van der Waals surface area contributed by atoms with Gasteiger partial charge in [-0.1, -0.05) is 13.8 Å². The molecule has 96 valence electrons. The van der Waals surface area contributed by atoms with Gasteiger partial charge in [0.05, 0.1) is 6.61 Å². The van der Waals surface area contributed by atoms with Gasteiger partial charge in [0.1, 0.15) is 0 Å². The van der Waals surface area contributed by atoms with E-state index in [2.05, 4.69) is 28.5 Å². The minimum atomic E-state index is 0.291. The number of hydrogen-bond acceptors (Lipinski definition) is 4. The van der Waals surface area contributed by atoms with Gasteiger partial charge >= 0.3 is 0 Å². The number of nitrogens with zero attached hydrogens (tertiary/aromatic N) is 3. The van der Waals surface area contributed by atoms with Gasteiger partial charge in [-0.3, -0.25) is 9.80 Å². The van der Waals surface area contributed by atoms with Crippen molar-refractivity contribution in [3.63, 3.8) is 0 Å². The van der Waals surface area contributed by atoms with E-state index >= 15 is 0 Å². The van der Waals surface area contributed by atoms with Crippen LogP contribution >= 0.6 is 0 Å². The SMILES string of the molecule is CCN(CC)CCN1CCN(CCO)CC1. The molecule has 0 aliphatic carbocycles. The van der Waals surface area contributed by atoms with Gasteiger partial charge in [0, 0.05) is 45.8 Å². The Bertz CT molecular complexity index is 166. The summed E-state index contributed by atoms with van der Waals surface area (Å²) in [6, 6.07) is 0. The molecule has 0 amide bonds. The molecule has 1 heterocycles. The van der Waals surface area contributed by atoms with Crippen LogP contribution in [0.25, 0.3) is 0 Å². The van der Waals surface area contributed by atoms with Gasteiger partial charge in [0.25, 0.3) is 0 Å². The van der Waals surface area contributed by atoms with Crippen LogP contribution in [0.5, 0.6) is 0 Å². The number of hydrogen-bond donors (Lipinski definition) is 1. The van der Waals surface area contributed by atoms with Crippen LogP contribution in [0, 0.1) is 0 Å². The van der Waals surface area contributed by atoms with E-state index in [0.717, 1.165) is 45.8 Å². The first-order valence-corrected chi connectivity index (χ1v) is 6.58.